The third-order valence-electron chi connectivity index (χ3n) is 14.3. The highest BCUT2D eigenvalue weighted by Gasteiger charge is 2.60. The van der Waals surface area contributed by atoms with Gasteiger partial charge in [-0.15, -0.1) is 0 Å². The van der Waals surface area contributed by atoms with E-state index >= 15 is 13.2 Å². The fourth-order valence-electron chi connectivity index (χ4n) is 10.1. The van der Waals surface area contributed by atoms with Gasteiger partial charge in [-0.1, -0.05) is 57.2 Å². The molecule has 15 nitrogen and oxygen atoms in total. The Morgan fingerprint density at radius 3 is 1.86 bits per heavy atom. The lowest BCUT2D eigenvalue weighted by atomic mass is 9.76. The Bertz CT molecular complexity index is 2130. The number of halogens is 3. The van der Waals surface area contributed by atoms with E-state index in [1.807, 2.05) is 25.9 Å². The molecule has 1 N–H and O–H groups in total. The summed E-state index contributed by atoms with van der Waals surface area (Å²) in [5, 5.41) is 11.5. The quantitative estimate of drug-likeness (QED) is 0.162. The number of cyclic esters (lactones) is 1. The van der Waals surface area contributed by atoms with Gasteiger partial charge in [0.2, 0.25) is 5.60 Å². The van der Waals surface area contributed by atoms with Crippen molar-refractivity contribution < 1.29 is 80.1 Å². The van der Waals surface area contributed by atoms with Crippen molar-refractivity contribution in [2.75, 3.05) is 28.3 Å². The van der Waals surface area contributed by atoms with E-state index < -0.39 is 138 Å². The molecule has 0 bridgehead atoms. The minimum Gasteiger partial charge on any atom is -0.458 e. The zero-order valence-corrected chi connectivity index (χ0v) is 42.5. The Labute approximate surface area is 409 Å². The number of allylic oxidation sites excluding steroid dienone is 1. The smallest absolute Gasteiger partial charge is 0.424 e. The van der Waals surface area contributed by atoms with Gasteiger partial charge >= 0.3 is 24.1 Å². The lowest BCUT2D eigenvalue weighted by molar-refractivity contribution is -0.318. The molecule has 16 atom stereocenters. The number of hydrogen-bond donors (Lipinski definition) is 1. The Balaban J connectivity index is 1.66. The van der Waals surface area contributed by atoms with Crippen LogP contribution in [-0.4, -0.2) is 146 Å². The highest BCUT2D eigenvalue weighted by atomic mass is 19.4. The Hall–Kier alpha value is -4.27. The Morgan fingerprint density at radius 1 is 0.800 bits per heavy atom. The van der Waals surface area contributed by atoms with Gasteiger partial charge < -0.3 is 52.6 Å². The van der Waals surface area contributed by atoms with Gasteiger partial charge in [0.25, 0.3) is 0 Å². The molecule has 2 saturated heterocycles. The first-order valence-electron chi connectivity index (χ1n) is 23.9. The second kappa shape index (κ2) is 23.1. The van der Waals surface area contributed by atoms with Crippen LogP contribution in [0.2, 0.25) is 0 Å². The number of likely N-dealkylation sites (N-methyl/N-ethyl adjacent to an activating group) is 1. The number of nitrogens with zero attached hydrogens (tertiary/aromatic N) is 1. The van der Waals surface area contributed by atoms with Gasteiger partial charge in [0.15, 0.2) is 30.6 Å². The van der Waals surface area contributed by atoms with Gasteiger partial charge in [-0.05, 0) is 111 Å². The molecule has 0 spiro atoms. The molecule has 2 fully saturated rings. The van der Waals surface area contributed by atoms with Crippen molar-refractivity contribution in [1.82, 2.24) is 4.90 Å². The van der Waals surface area contributed by atoms with E-state index in [-0.39, 0.29) is 18.4 Å². The van der Waals surface area contributed by atoms with Gasteiger partial charge in [0.05, 0.1) is 53.1 Å². The van der Waals surface area contributed by atoms with Crippen LogP contribution in [0.4, 0.5) is 13.2 Å². The molecule has 3 heterocycles. The van der Waals surface area contributed by atoms with Crippen LogP contribution in [0.1, 0.15) is 109 Å². The molecule has 0 aliphatic carbocycles. The standard InChI is InChI=1S/C52H72F3NO14/c1-14-38-51(61,52(53,54)55)27-30(3)40(57)29(2)26-49(8,62-12)43(70-48-42(37(56(10)11)25-31(4)64-48)68-46(59)35-21-17-15-18-22-35)32(5)41(33(6)45(58)66-38)67-39-28-50(9,63-13)44(34(7)65-39)69-47(60)36-23-19-16-20-24-36/h15-24,27,29,31-34,37-39,41-44,48,61H,14,25-26,28H2,1-13H3/b30-27+/t29-,31-,32+,33-,34+,37+,38-,39?,41+,42-,43-,44+,48?,49-,50-,51+/m1/s1. The van der Waals surface area contributed by atoms with E-state index in [9.17, 15) is 24.3 Å². The van der Waals surface area contributed by atoms with E-state index in [1.165, 1.54) is 41.9 Å². The van der Waals surface area contributed by atoms with E-state index in [2.05, 4.69) is 0 Å². The molecule has 0 amide bonds. The molecule has 2 aromatic rings. The summed E-state index contributed by atoms with van der Waals surface area (Å²) in [4.78, 5) is 57.8. The third kappa shape index (κ3) is 12.5. The fourth-order valence-corrected chi connectivity index (χ4v) is 10.1. The van der Waals surface area contributed by atoms with Crippen LogP contribution in [0.5, 0.6) is 0 Å². The average molecular weight is 992 g/mol. The van der Waals surface area contributed by atoms with Gasteiger partial charge in [-0.25, -0.2) is 9.59 Å². The molecule has 18 heteroatoms. The number of carbonyl (C=O) groups is 4. The van der Waals surface area contributed by atoms with Crippen LogP contribution < -0.4 is 0 Å². The average Bonchev–Trinajstić information content (AvgIpc) is 3.32. The van der Waals surface area contributed by atoms with Crippen molar-refractivity contribution in [3.63, 3.8) is 0 Å². The minimum absolute atomic E-state index is 0.0784. The van der Waals surface area contributed by atoms with Gasteiger partial charge in [0, 0.05) is 32.5 Å². The summed E-state index contributed by atoms with van der Waals surface area (Å²) < 4.78 is 102. The summed E-state index contributed by atoms with van der Waals surface area (Å²) >= 11 is 0. The number of ether oxygens (including phenoxy) is 9. The number of alkyl halides is 3. The van der Waals surface area contributed by atoms with Crippen LogP contribution in [0.3, 0.4) is 0 Å². The molecule has 0 saturated carbocycles. The molecule has 5 rings (SSSR count). The lowest BCUT2D eigenvalue weighted by Crippen LogP contribution is -2.62. The monoisotopic (exact) mass is 991 g/mol. The summed E-state index contributed by atoms with van der Waals surface area (Å²) in [6.45, 7) is 14.0. The van der Waals surface area contributed by atoms with E-state index in [4.69, 9.17) is 42.6 Å². The van der Waals surface area contributed by atoms with Crippen molar-refractivity contribution in [3.05, 3.63) is 83.4 Å². The maximum Gasteiger partial charge on any atom is 0.424 e. The molecule has 3 aliphatic rings. The number of benzene rings is 2. The summed E-state index contributed by atoms with van der Waals surface area (Å²) in [6, 6.07) is 16.3. The van der Waals surface area contributed by atoms with Gasteiger partial charge in [-0.2, -0.15) is 13.2 Å². The summed E-state index contributed by atoms with van der Waals surface area (Å²) in [5.41, 5.74) is -6.39. The Kier molecular flexibility index (Phi) is 18.7. The van der Waals surface area contributed by atoms with Crippen LogP contribution >= 0.6 is 0 Å². The topological polar surface area (TPSA) is 175 Å². The molecule has 0 aromatic heterocycles. The van der Waals surface area contributed by atoms with Crippen molar-refractivity contribution in [2.24, 2.45) is 17.8 Å². The predicted molar refractivity (Wildman–Crippen MR) is 249 cm³/mol. The molecule has 0 radical (unpaired) electrons. The lowest BCUT2D eigenvalue weighted by Gasteiger charge is -2.50. The highest BCUT2D eigenvalue weighted by Crippen LogP contribution is 2.44. The maximum atomic E-state index is 15.1. The van der Waals surface area contributed by atoms with Crippen LogP contribution in [0.25, 0.3) is 0 Å². The largest absolute Gasteiger partial charge is 0.458 e. The molecule has 2 aromatic carbocycles. The summed E-state index contributed by atoms with van der Waals surface area (Å²) in [6.07, 6.45) is -15.9. The van der Waals surface area contributed by atoms with Crippen molar-refractivity contribution in [2.45, 2.75) is 172 Å². The van der Waals surface area contributed by atoms with Gasteiger partial charge in [-0.3, -0.25) is 9.59 Å². The van der Waals surface area contributed by atoms with Crippen molar-refractivity contribution in [3.8, 4) is 0 Å². The second-order valence-electron chi connectivity index (χ2n) is 19.8. The van der Waals surface area contributed by atoms with Crippen LogP contribution in [0, 0.1) is 17.8 Å². The highest BCUT2D eigenvalue weighted by molar-refractivity contribution is 5.96. The van der Waals surface area contributed by atoms with Crippen LogP contribution in [0.15, 0.2) is 72.3 Å². The zero-order valence-electron chi connectivity index (χ0n) is 42.5. The van der Waals surface area contributed by atoms with Crippen molar-refractivity contribution >= 4 is 23.7 Å². The first kappa shape index (κ1) is 56.6. The van der Waals surface area contributed by atoms with E-state index in [0.29, 0.717) is 18.1 Å². The number of aliphatic hydroxyl groups is 1. The third-order valence-corrected chi connectivity index (χ3v) is 14.3. The summed E-state index contributed by atoms with van der Waals surface area (Å²) in [7, 11) is 6.50. The molecular weight excluding hydrogens is 920 g/mol. The maximum absolute atomic E-state index is 15.1. The van der Waals surface area contributed by atoms with Crippen LogP contribution in [-0.2, 0) is 52.2 Å². The fraction of sp³-hybridized carbons (Fsp3) is 0.654. The van der Waals surface area contributed by atoms with Gasteiger partial charge in [0.1, 0.15) is 11.7 Å². The Morgan fingerprint density at radius 2 is 1.34 bits per heavy atom. The number of hydrogen-bond acceptors (Lipinski definition) is 15. The number of methoxy groups -OCH3 is 2. The molecule has 390 valence electrons. The number of carbonyl (C=O) groups excluding carboxylic acids is 4. The molecule has 70 heavy (non-hydrogen) atoms. The number of esters is 3. The number of rotatable bonds is 12. The molecular formula is C52H72F3NO14. The predicted octanol–water partition coefficient (Wildman–Crippen LogP) is 7.66. The number of Topliss-reactive ketones (excluding diaryl/α,β-unsaturated/α-hetero) is 1. The number of ketones is 1. The first-order valence-corrected chi connectivity index (χ1v) is 23.9. The zero-order chi connectivity index (χ0) is 52.1. The van der Waals surface area contributed by atoms with Crippen molar-refractivity contribution in [1.29, 1.82) is 0 Å². The first-order chi connectivity index (χ1) is 32.7. The van der Waals surface area contributed by atoms with E-state index in [1.54, 1.807) is 88.4 Å². The molecule has 3 aliphatic heterocycles. The normalized spacial score (nSPS) is 37.9. The minimum atomic E-state index is -5.39. The molecule has 2 unspecified atom stereocenters. The van der Waals surface area contributed by atoms with E-state index in [0.717, 1.165) is 0 Å². The second-order valence-corrected chi connectivity index (χ2v) is 19.8. The summed E-state index contributed by atoms with van der Waals surface area (Å²) in [5.74, 6) is -6.68. The SMILES string of the molecule is CC[C@H]1OC(=O)[C@H](C)[C@@H](OC2C[C@@](C)(OC)[C@@H](OC(=O)c3ccccc3)[C@H](C)O2)[C@H](C)[C@@H](OC2O[C@H](C)C[C@H](N(C)C)[C@H]2OC(=O)c2ccccc2)[C@](C)(OC)C[C@@H](C)C(=O)/C(C)=C/[C@@]1(O)C(F)(F)F.